The highest BCUT2D eigenvalue weighted by Gasteiger charge is 2.27. The van der Waals surface area contributed by atoms with Crippen molar-refractivity contribution >= 4 is 28.2 Å². The maximum atomic E-state index is 13.1. The van der Waals surface area contributed by atoms with Crippen LogP contribution < -0.4 is 10.6 Å². The van der Waals surface area contributed by atoms with Crippen LogP contribution in [0.15, 0.2) is 24.3 Å². The van der Waals surface area contributed by atoms with Crippen LogP contribution >= 0.6 is 11.3 Å². The lowest BCUT2D eigenvalue weighted by Crippen LogP contribution is -2.32. The van der Waals surface area contributed by atoms with Crippen molar-refractivity contribution in [3.8, 4) is 0 Å². The number of thiophene rings is 1. The molecule has 4 rings (SSSR count). The average Bonchev–Trinajstić information content (AvgIpc) is 3.34. The van der Waals surface area contributed by atoms with Gasteiger partial charge in [-0.2, -0.15) is 0 Å². The highest BCUT2D eigenvalue weighted by molar-refractivity contribution is 7.17. The van der Waals surface area contributed by atoms with Crippen LogP contribution in [-0.4, -0.2) is 31.1 Å². The SMILES string of the molecule is O=C(Nc1sc2c(c1C(=O)NCC1CCCO1)CCCC2)c1ccc(F)cc1. The summed E-state index contributed by atoms with van der Waals surface area (Å²) < 4.78 is 18.7. The third-order valence-electron chi connectivity index (χ3n) is 5.25. The lowest BCUT2D eigenvalue weighted by atomic mass is 9.95. The van der Waals surface area contributed by atoms with Crippen molar-refractivity contribution in [2.45, 2.75) is 44.6 Å². The van der Waals surface area contributed by atoms with E-state index in [9.17, 15) is 14.0 Å². The molecule has 1 saturated heterocycles. The van der Waals surface area contributed by atoms with Gasteiger partial charge in [-0.1, -0.05) is 0 Å². The van der Waals surface area contributed by atoms with E-state index in [1.807, 2.05) is 0 Å². The molecular formula is C21H23FN2O3S. The van der Waals surface area contributed by atoms with Crippen molar-refractivity contribution in [1.82, 2.24) is 5.32 Å². The highest BCUT2D eigenvalue weighted by Crippen LogP contribution is 2.38. The number of ether oxygens (including phenoxy) is 1. The number of benzene rings is 1. The minimum atomic E-state index is -0.391. The van der Waals surface area contributed by atoms with Crippen LogP contribution in [0.4, 0.5) is 9.39 Å². The van der Waals surface area contributed by atoms with Crippen LogP contribution in [0.25, 0.3) is 0 Å². The van der Waals surface area contributed by atoms with Crippen molar-refractivity contribution in [3.05, 3.63) is 51.7 Å². The zero-order chi connectivity index (χ0) is 19.5. The van der Waals surface area contributed by atoms with Gasteiger partial charge in [-0.15, -0.1) is 11.3 Å². The lowest BCUT2D eigenvalue weighted by molar-refractivity contribution is 0.0858. The lowest BCUT2D eigenvalue weighted by Gasteiger charge is -2.15. The number of carbonyl (C=O) groups is 2. The van der Waals surface area contributed by atoms with E-state index in [0.29, 0.717) is 22.7 Å². The van der Waals surface area contributed by atoms with Crippen LogP contribution in [0.3, 0.4) is 0 Å². The molecule has 7 heteroatoms. The molecule has 0 radical (unpaired) electrons. The Morgan fingerprint density at radius 3 is 2.64 bits per heavy atom. The first-order valence-electron chi connectivity index (χ1n) is 9.73. The maximum Gasteiger partial charge on any atom is 0.256 e. The predicted molar refractivity (Wildman–Crippen MR) is 107 cm³/mol. The molecule has 28 heavy (non-hydrogen) atoms. The molecule has 2 amide bonds. The second kappa shape index (κ2) is 8.41. The normalized spacial score (nSPS) is 18.5. The number of amides is 2. The summed E-state index contributed by atoms with van der Waals surface area (Å²) in [6, 6.07) is 5.39. The summed E-state index contributed by atoms with van der Waals surface area (Å²) in [6.07, 6.45) is 5.95. The van der Waals surface area contributed by atoms with Crippen molar-refractivity contribution in [2.24, 2.45) is 0 Å². The first kappa shape index (κ1) is 19.1. The molecule has 1 aliphatic heterocycles. The van der Waals surface area contributed by atoms with Gasteiger partial charge in [0.25, 0.3) is 11.8 Å². The van der Waals surface area contributed by atoms with Gasteiger partial charge in [0.2, 0.25) is 0 Å². The van der Waals surface area contributed by atoms with E-state index in [0.717, 1.165) is 50.7 Å². The number of fused-ring (bicyclic) bond motifs is 1. The summed E-state index contributed by atoms with van der Waals surface area (Å²) in [7, 11) is 0. The highest BCUT2D eigenvalue weighted by atomic mass is 32.1. The second-order valence-corrected chi connectivity index (χ2v) is 8.33. The van der Waals surface area contributed by atoms with Crippen LogP contribution in [-0.2, 0) is 17.6 Å². The smallest absolute Gasteiger partial charge is 0.256 e. The van der Waals surface area contributed by atoms with E-state index in [-0.39, 0.29) is 17.9 Å². The number of halogens is 1. The van der Waals surface area contributed by atoms with E-state index < -0.39 is 5.82 Å². The number of rotatable bonds is 5. The summed E-state index contributed by atoms with van der Waals surface area (Å²) in [4.78, 5) is 26.7. The number of hydrogen-bond acceptors (Lipinski definition) is 4. The van der Waals surface area contributed by atoms with E-state index >= 15 is 0 Å². The molecule has 2 N–H and O–H groups in total. The largest absolute Gasteiger partial charge is 0.376 e. The van der Waals surface area contributed by atoms with Gasteiger partial charge < -0.3 is 15.4 Å². The molecule has 148 valence electrons. The Morgan fingerprint density at radius 2 is 1.89 bits per heavy atom. The van der Waals surface area contributed by atoms with Gasteiger partial charge in [-0.3, -0.25) is 9.59 Å². The fourth-order valence-corrected chi connectivity index (χ4v) is 5.05. The molecule has 1 fully saturated rings. The fraction of sp³-hybridized carbons (Fsp3) is 0.429. The van der Waals surface area contributed by atoms with E-state index in [1.54, 1.807) is 0 Å². The Bertz CT molecular complexity index is 873. The Labute approximate surface area is 167 Å². The van der Waals surface area contributed by atoms with Crippen molar-refractivity contribution < 1.29 is 18.7 Å². The number of carbonyl (C=O) groups excluding carboxylic acids is 2. The first-order chi connectivity index (χ1) is 13.6. The molecule has 1 aromatic carbocycles. The minimum absolute atomic E-state index is 0.0654. The van der Waals surface area contributed by atoms with Gasteiger partial charge in [0.1, 0.15) is 10.8 Å². The molecule has 5 nitrogen and oxygen atoms in total. The number of nitrogens with one attached hydrogen (secondary N) is 2. The molecule has 2 heterocycles. The van der Waals surface area contributed by atoms with Crippen LogP contribution in [0.2, 0.25) is 0 Å². The third-order valence-corrected chi connectivity index (χ3v) is 6.45. The molecular weight excluding hydrogens is 379 g/mol. The topological polar surface area (TPSA) is 67.4 Å². The molecule has 0 spiro atoms. The number of hydrogen-bond donors (Lipinski definition) is 2. The summed E-state index contributed by atoms with van der Waals surface area (Å²) >= 11 is 1.48. The maximum absolute atomic E-state index is 13.1. The molecule has 1 aromatic heterocycles. The van der Waals surface area contributed by atoms with Crippen molar-refractivity contribution in [2.75, 3.05) is 18.5 Å². The first-order valence-corrected chi connectivity index (χ1v) is 10.5. The number of aryl methyl sites for hydroxylation is 1. The van der Waals surface area contributed by atoms with Crippen molar-refractivity contribution in [3.63, 3.8) is 0 Å². The second-order valence-electron chi connectivity index (χ2n) is 7.22. The van der Waals surface area contributed by atoms with E-state index in [2.05, 4.69) is 10.6 Å². The average molecular weight is 402 g/mol. The van der Waals surface area contributed by atoms with Crippen LogP contribution in [0.1, 0.15) is 56.8 Å². The van der Waals surface area contributed by atoms with E-state index in [1.165, 1.54) is 40.5 Å². The van der Waals surface area contributed by atoms with Crippen LogP contribution in [0.5, 0.6) is 0 Å². The van der Waals surface area contributed by atoms with E-state index in [4.69, 9.17) is 4.74 Å². The Balaban J connectivity index is 1.55. The number of anilines is 1. The van der Waals surface area contributed by atoms with Gasteiger partial charge in [-0.05, 0) is 68.4 Å². The standard InChI is InChI=1S/C21H23FN2O3S/c22-14-9-7-13(8-10-14)19(25)24-21-18(16-5-1-2-6-17(16)28-21)20(26)23-12-15-4-3-11-27-15/h7-10,15H,1-6,11-12H2,(H,23,26)(H,24,25). The summed E-state index contributed by atoms with van der Waals surface area (Å²) in [5.74, 6) is -0.895. The summed E-state index contributed by atoms with van der Waals surface area (Å²) in [5.41, 5.74) is 1.99. The molecule has 1 unspecified atom stereocenters. The Kier molecular flexibility index (Phi) is 5.73. The van der Waals surface area contributed by atoms with Gasteiger partial charge in [0.15, 0.2) is 0 Å². The van der Waals surface area contributed by atoms with Crippen LogP contribution in [0, 0.1) is 5.82 Å². The van der Waals surface area contributed by atoms with Gasteiger partial charge in [0, 0.05) is 23.6 Å². The summed E-state index contributed by atoms with van der Waals surface area (Å²) in [5, 5.41) is 6.43. The van der Waals surface area contributed by atoms with Gasteiger partial charge in [0.05, 0.1) is 11.7 Å². The Morgan fingerprint density at radius 1 is 1.11 bits per heavy atom. The third kappa shape index (κ3) is 4.10. The molecule has 2 aliphatic rings. The fourth-order valence-electron chi connectivity index (χ4n) is 3.77. The zero-order valence-corrected chi connectivity index (χ0v) is 16.4. The Hall–Kier alpha value is -2.25. The molecule has 2 aromatic rings. The quantitative estimate of drug-likeness (QED) is 0.796. The summed E-state index contributed by atoms with van der Waals surface area (Å²) in [6.45, 7) is 1.22. The monoisotopic (exact) mass is 402 g/mol. The molecule has 0 bridgehead atoms. The minimum Gasteiger partial charge on any atom is -0.376 e. The predicted octanol–water partition coefficient (Wildman–Crippen LogP) is 3.93. The molecule has 1 atom stereocenters. The zero-order valence-electron chi connectivity index (χ0n) is 15.6. The molecule has 1 aliphatic carbocycles. The van der Waals surface area contributed by atoms with Gasteiger partial charge >= 0.3 is 0 Å². The van der Waals surface area contributed by atoms with Crippen molar-refractivity contribution in [1.29, 1.82) is 0 Å². The molecule has 0 saturated carbocycles. The van der Waals surface area contributed by atoms with Gasteiger partial charge in [-0.25, -0.2) is 4.39 Å².